The molecule has 0 aliphatic heterocycles. The molecule has 0 saturated carbocycles. The molecule has 0 fully saturated rings. The summed E-state index contributed by atoms with van der Waals surface area (Å²) in [4.78, 5) is 5.83. The largest absolute Gasteiger partial charge is 0.279 e. The lowest BCUT2D eigenvalue weighted by Gasteiger charge is -2.08. The minimum absolute atomic E-state index is 0.683. The van der Waals surface area contributed by atoms with Crippen molar-refractivity contribution in [2.24, 2.45) is 0 Å². The molecule has 0 atom stereocenters. The first-order valence-corrected chi connectivity index (χ1v) is 6.82. The zero-order chi connectivity index (χ0) is 13.5. The first-order chi connectivity index (χ1) is 9.33. The molecule has 19 heavy (non-hydrogen) atoms. The van der Waals surface area contributed by atoms with Gasteiger partial charge in [0.2, 0.25) is 0 Å². The molecule has 2 aromatic rings. The number of benzene rings is 2. The van der Waals surface area contributed by atoms with Crippen LogP contribution in [0.1, 0.15) is 11.1 Å². The first-order valence-electron chi connectivity index (χ1n) is 5.83. The van der Waals surface area contributed by atoms with Crippen LogP contribution in [0.15, 0.2) is 53.4 Å². The average Bonchev–Trinajstić information content (AvgIpc) is 2.47. The molecule has 0 spiro atoms. The number of nitrogens with zero attached hydrogens (tertiary/aromatic N) is 1. The lowest BCUT2D eigenvalue weighted by molar-refractivity contribution is 0.271. The van der Waals surface area contributed by atoms with E-state index in [-0.39, 0.29) is 0 Å². The average molecular weight is 270 g/mol. The van der Waals surface area contributed by atoms with Crippen LogP contribution in [0.3, 0.4) is 0 Å². The quantitative estimate of drug-likeness (QED) is 0.662. The zero-order valence-electron chi connectivity index (χ0n) is 10.6. The molecule has 0 radical (unpaired) electrons. The Balaban J connectivity index is 2.14. The van der Waals surface area contributed by atoms with E-state index in [1.807, 2.05) is 30.3 Å². The second-order valence-electron chi connectivity index (χ2n) is 3.90. The summed E-state index contributed by atoms with van der Waals surface area (Å²) in [6, 6.07) is 18.0. The van der Waals surface area contributed by atoms with Gasteiger partial charge in [0.05, 0.1) is 18.4 Å². The van der Waals surface area contributed by atoms with Gasteiger partial charge in [-0.3, -0.25) is 10.3 Å². The molecular formula is C15H14N2OS. The monoisotopic (exact) mass is 270 g/mol. The van der Waals surface area contributed by atoms with Crippen molar-refractivity contribution in [3.05, 3.63) is 59.7 Å². The van der Waals surface area contributed by atoms with E-state index in [9.17, 15) is 0 Å². The fourth-order valence-corrected chi connectivity index (χ4v) is 2.64. The number of anilines is 1. The van der Waals surface area contributed by atoms with Gasteiger partial charge in [0, 0.05) is 10.6 Å². The highest BCUT2D eigenvalue weighted by Gasteiger charge is 2.05. The van der Waals surface area contributed by atoms with Crippen LogP contribution in [-0.4, -0.2) is 7.11 Å². The Morgan fingerprint density at radius 1 is 1.21 bits per heavy atom. The van der Waals surface area contributed by atoms with E-state index in [1.54, 1.807) is 24.9 Å². The molecule has 2 aromatic carbocycles. The van der Waals surface area contributed by atoms with E-state index in [4.69, 9.17) is 10.1 Å². The summed E-state index contributed by atoms with van der Waals surface area (Å²) >= 11 is 1.65. The summed E-state index contributed by atoms with van der Waals surface area (Å²) in [5.74, 6) is 0.839. The highest BCUT2D eigenvalue weighted by Crippen LogP contribution is 2.28. The molecule has 4 heteroatoms. The molecule has 0 aromatic heterocycles. The molecule has 0 amide bonds. The maximum atomic E-state index is 9.12. The molecule has 3 nitrogen and oxygen atoms in total. The highest BCUT2D eigenvalue weighted by molar-refractivity contribution is 7.98. The summed E-state index contributed by atoms with van der Waals surface area (Å²) in [6.07, 6.45) is 0. The van der Waals surface area contributed by atoms with Crippen molar-refractivity contribution in [2.75, 3.05) is 12.6 Å². The number of thioether (sulfide) groups is 1. The molecule has 0 bridgehead atoms. The molecule has 0 aliphatic rings. The Kier molecular flexibility index (Phi) is 4.85. The van der Waals surface area contributed by atoms with Crippen LogP contribution in [0.25, 0.3) is 0 Å². The molecule has 1 N–H and O–H groups in total. The molecular weight excluding hydrogens is 256 g/mol. The van der Waals surface area contributed by atoms with E-state index in [2.05, 4.69) is 23.7 Å². The van der Waals surface area contributed by atoms with Gasteiger partial charge in [-0.25, -0.2) is 0 Å². The van der Waals surface area contributed by atoms with Gasteiger partial charge in [0.25, 0.3) is 0 Å². The van der Waals surface area contributed by atoms with Crippen molar-refractivity contribution in [1.29, 1.82) is 5.26 Å². The van der Waals surface area contributed by atoms with Crippen molar-refractivity contribution in [3.63, 3.8) is 0 Å². The van der Waals surface area contributed by atoms with Gasteiger partial charge in [-0.05, 0) is 23.8 Å². The minimum Gasteiger partial charge on any atom is -0.279 e. The van der Waals surface area contributed by atoms with Crippen molar-refractivity contribution in [2.45, 2.75) is 10.6 Å². The summed E-state index contributed by atoms with van der Waals surface area (Å²) in [5.41, 5.74) is 5.54. The van der Waals surface area contributed by atoms with Crippen molar-refractivity contribution < 1.29 is 4.84 Å². The van der Waals surface area contributed by atoms with Crippen LogP contribution >= 0.6 is 11.8 Å². The van der Waals surface area contributed by atoms with Gasteiger partial charge in [-0.2, -0.15) is 5.26 Å². The van der Waals surface area contributed by atoms with Crippen LogP contribution in [0.2, 0.25) is 0 Å². The molecule has 0 unspecified atom stereocenters. The second-order valence-corrected chi connectivity index (χ2v) is 4.92. The Labute approximate surface area is 117 Å². The number of nitrogens with one attached hydrogen (secondary N) is 1. The summed E-state index contributed by atoms with van der Waals surface area (Å²) in [7, 11) is 1.56. The van der Waals surface area contributed by atoms with Gasteiger partial charge in [-0.1, -0.05) is 30.3 Å². The highest BCUT2D eigenvalue weighted by atomic mass is 32.2. The number of hydrogen-bond acceptors (Lipinski definition) is 4. The Morgan fingerprint density at radius 3 is 2.68 bits per heavy atom. The van der Waals surface area contributed by atoms with Crippen LogP contribution in [-0.2, 0) is 10.6 Å². The van der Waals surface area contributed by atoms with Crippen LogP contribution < -0.4 is 5.48 Å². The standard InChI is InChI=1S/C15H14N2OS/c1-18-17-14-8-7-13(10-16)15(9-14)19-11-12-5-3-2-4-6-12/h2-9,17H,11H2,1H3. The van der Waals surface area contributed by atoms with Crippen LogP contribution in [0.4, 0.5) is 5.69 Å². The normalized spacial score (nSPS) is 9.89. The SMILES string of the molecule is CONc1ccc(C#N)c(SCc2ccccc2)c1. The second kappa shape index (κ2) is 6.83. The summed E-state index contributed by atoms with van der Waals surface area (Å²) in [5, 5.41) is 9.12. The molecule has 0 heterocycles. The van der Waals surface area contributed by atoms with Gasteiger partial charge in [0.15, 0.2) is 0 Å². The van der Waals surface area contributed by atoms with Gasteiger partial charge in [0.1, 0.15) is 6.07 Å². The maximum absolute atomic E-state index is 9.12. The van der Waals surface area contributed by atoms with Crippen LogP contribution in [0, 0.1) is 11.3 Å². The summed E-state index contributed by atoms with van der Waals surface area (Å²) < 4.78 is 0. The Bertz CT molecular complexity index is 578. The number of nitriles is 1. The molecule has 0 saturated heterocycles. The maximum Gasteiger partial charge on any atom is 0.100 e. The van der Waals surface area contributed by atoms with Crippen molar-refractivity contribution in [1.82, 2.24) is 0 Å². The van der Waals surface area contributed by atoms with Crippen molar-refractivity contribution in [3.8, 4) is 6.07 Å². The Morgan fingerprint density at radius 2 is 2.00 bits per heavy atom. The van der Waals surface area contributed by atoms with E-state index in [0.717, 1.165) is 16.3 Å². The van der Waals surface area contributed by atoms with E-state index < -0.39 is 0 Å². The zero-order valence-corrected chi connectivity index (χ0v) is 11.4. The fourth-order valence-electron chi connectivity index (χ4n) is 1.65. The molecule has 2 rings (SSSR count). The van der Waals surface area contributed by atoms with E-state index in [0.29, 0.717) is 5.56 Å². The third-order valence-electron chi connectivity index (χ3n) is 2.56. The van der Waals surface area contributed by atoms with Gasteiger partial charge >= 0.3 is 0 Å². The smallest absolute Gasteiger partial charge is 0.100 e. The van der Waals surface area contributed by atoms with E-state index >= 15 is 0 Å². The lowest BCUT2D eigenvalue weighted by atomic mass is 10.2. The Hall–Kier alpha value is -1.96. The van der Waals surface area contributed by atoms with Gasteiger partial charge < -0.3 is 0 Å². The van der Waals surface area contributed by atoms with Gasteiger partial charge in [-0.15, -0.1) is 11.8 Å². The van der Waals surface area contributed by atoms with Crippen molar-refractivity contribution >= 4 is 17.4 Å². The predicted molar refractivity (Wildman–Crippen MR) is 77.8 cm³/mol. The molecule has 0 aliphatic carbocycles. The third kappa shape index (κ3) is 3.75. The number of hydrogen-bond donors (Lipinski definition) is 1. The minimum atomic E-state index is 0.683. The fraction of sp³-hybridized carbons (Fsp3) is 0.133. The summed E-state index contributed by atoms with van der Waals surface area (Å²) in [6.45, 7) is 0. The number of rotatable bonds is 5. The third-order valence-corrected chi connectivity index (χ3v) is 3.69. The molecule has 96 valence electrons. The lowest BCUT2D eigenvalue weighted by Crippen LogP contribution is -1.96. The predicted octanol–water partition coefficient (Wildman–Crippen LogP) is 3.82. The topological polar surface area (TPSA) is 45.0 Å². The first kappa shape index (κ1) is 13.5. The van der Waals surface area contributed by atoms with Crippen LogP contribution in [0.5, 0.6) is 0 Å². The van der Waals surface area contributed by atoms with E-state index in [1.165, 1.54) is 5.56 Å².